The topological polar surface area (TPSA) is 125 Å². The number of rotatable bonds is 7. The van der Waals surface area contributed by atoms with Gasteiger partial charge in [-0.05, 0) is 25.1 Å². The third kappa shape index (κ3) is 5.88. The van der Waals surface area contributed by atoms with Gasteiger partial charge in [0.2, 0.25) is 10.0 Å². The highest BCUT2D eigenvalue weighted by atomic mass is 35.5. The van der Waals surface area contributed by atoms with Crippen molar-refractivity contribution < 1.29 is 18.1 Å². The van der Waals surface area contributed by atoms with Crippen molar-refractivity contribution in [3.8, 4) is 0 Å². The molecule has 0 unspecified atom stereocenters. The summed E-state index contributed by atoms with van der Waals surface area (Å²) in [7, 11) is -3.57. The number of nitrogens with zero attached hydrogens (tertiary/aromatic N) is 4. The van der Waals surface area contributed by atoms with E-state index in [1.54, 1.807) is 24.3 Å². The van der Waals surface area contributed by atoms with Gasteiger partial charge in [0.25, 0.3) is 11.6 Å². The van der Waals surface area contributed by atoms with Crippen LogP contribution in [0.5, 0.6) is 0 Å². The Balaban J connectivity index is 1.50. The number of hydrazone groups is 1. The number of sulfonamides is 1. The highest BCUT2D eigenvalue weighted by Crippen LogP contribution is 2.20. The number of piperazine rings is 1. The van der Waals surface area contributed by atoms with Crippen molar-refractivity contribution in [3.63, 3.8) is 0 Å². The first-order chi connectivity index (χ1) is 15.2. The summed E-state index contributed by atoms with van der Waals surface area (Å²) in [4.78, 5) is 24.5. The molecule has 0 spiro atoms. The molecule has 0 aliphatic carbocycles. The summed E-state index contributed by atoms with van der Waals surface area (Å²) in [5.41, 5.74) is 3.50. The predicted molar refractivity (Wildman–Crippen MR) is 120 cm³/mol. The summed E-state index contributed by atoms with van der Waals surface area (Å²) >= 11 is 5.99. The van der Waals surface area contributed by atoms with Crippen molar-refractivity contribution in [2.24, 2.45) is 5.10 Å². The predicted octanol–water partition coefficient (Wildman–Crippen LogP) is 2.01. The fourth-order valence-electron chi connectivity index (χ4n) is 3.14. The Kier molecular flexibility index (Phi) is 7.56. The largest absolute Gasteiger partial charge is 0.292 e. The number of hydrogen-bond donors (Lipinski definition) is 1. The average Bonchev–Trinajstić information content (AvgIpc) is 2.75. The van der Waals surface area contributed by atoms with Gasteiger partial charge >= 0.3 is 0 Å². The fourth-order valence-corrected chi connectivity index (χ4v) is 4.73. The molecule has 32 heavy (non-hydrogen) atoms. The Morgan fingerprint density at radius 1 is 1.19 bits per heavy atom. The third-order valence-corrected chi connectivity index (χ3v) is 7.20. The zero-order chi connectivity index (χ0) is 23.3. The lowest BCUT2D eigenvalue weighted by Crippen LogP contribution is -2.50. The molecule has 2 aromatic rings. The number of nitrogens with one attached hydrogen (secondary N) is 1. The maximum Gasteiger partial charge on any atom is 0.270 e. The number of benzene rings is 2. The summed E-state index contributed by atoms with van der Waals surface area (Å²) in [5.74, 6) is -0.391. The van der Waals surface area contributed by atoms with Crippen LogP contribution in [0.15, 0.2) is 52.5 Å². The van der Waals surface area contributed by atoms with E-state index in [2.05, 4.69) is 10.5 Å². The first kappa shape index (κ1) is 23.8. The molecule has 0 aromatic heterocycles. The van der Waals surface area contributed by atoms with Gasteiger partial charge in [0.05, 0.1) is 22.6 Å². The monoisotopic (exact) mass is 479 g/mol. The number of non-ortho nitro benzene ring substituents is 1. The minimum absolute atomic E-state index is 0.0401. The van der Waals surface area contributed by atoms with E-state index in [0.717, 1.165) is 5.56 Å². The number of aryl methyl sites for hydroxylation is 1. The Morgan fingerprint density at radius 3 is 2.47 bits per heavy atom. The summed E-state index contributed by atoms with van der Waals surface area (Å²) in [6.45, 7) is 3.28. The van der Waals surface area contributed by atoms with E-state index < -0.39 is 20.9 Å². The molecule has 0 saturated carbocycles. The number of nitro groups is 1. The van der Waals surface area contributed by atoms with Gasteiger partial charge in [-0.15, -0.1) is 0 Å². The van der Waals surface area contributed by atoms with Gasteiger partial charge < -0.3 is 0 Å². The molecule has 1 aliphatic heterocycles. The minimum Gasteiger partial charge on any atom is -0.292 e. The summed E-state index contributed by atoms with van der Waals surface area (Å²) in [6.07, 6.45) is 1.24. The molecule has 12 heteroatoms. The molecule has 1 amide bonds. The third-order valence-electron chi connectivity index (χ3n) is 4.94. The minimum atomic E-state index is -3.57. The highest BCUT2D eigenvalue weighted by Gasteiger charge is 2.28. The molecule has 170 valence electrons. The maximum atomic E-state index is 12.8. The molecule has 1 saturated heterocycles. The number of carbonyl (C=O) groups excluding carboxylic acids is 1. The fraction of sp³-hybridized carbons (Fsp3) is 0.300. The molecular formula is C20H22ClN5O5S. The molecule has 0 radical (unpaired) electrons. The van der Waals surface area contributed by atoms with E-state index in [9.17, 15) is 23.3 Å². The van der Waals surface area contributed by atoms with Gasteiger partial charge in [-0.2, -0.15) is 9.41 Å². The van der Waals surface area contributed by atoms with E-state index in [-0.39, 0.29) is 35.2 Å². The number of hydrogen-bond acceptors (Lipinski definition) is 7. The van der Waals surface area contributed by atoms with Crippen LogP contribution in [0.2, 0.25) is 5.02 Å². The van der Waals surface area contributed by atoms with Gasteiger partial charge in [0.15, 0.2) is 0 Å². The number of amides is 1. The SMILES string of the molecule is Cc1ccc(S(=O)(=O)N2CCN(CC(=O)N/N=C/c3cc([N+](=O)[O-])ccc3Cl)CC2)cc1. The second kappa shape index (κ2) is 10.2. The van der Waals surface area contributed by atoms with Crippen molar-refractivity contribution in [1.82, 2.24) is 14.6 Å². The quantitative estimate of drug-likeness (QED) is 0.368. The van der Waals surface area contributed by atoms with Crippen LogP contribution in [0.3, 0.4) is 0 Å². The Morgan fingerprint density at radius 2 is 1.84 bits per heavy atom. The molecule has 1 fully saturated rings. The lowest BCUT2D eigenvalue weighted by atomic mass is 10.2. The van der Waals surface area contributed by atoms with Gasteiger partial charge in [-0.25, -0.2) is 13.8 Å². The van der Waals surface area contributed by atoms with E-state index in [1.165, 1.54) is 28.7 Å². The van der Waals surface area contributed by atoms with E-state index >= 15 is 0 Å². The maximum absolute atomic E-state index is 12.8. The standard InChI is InChI=1S/C20H22ClN5O5S/c1-15-2-5-18(6-3-15)32(30,31)25-10-8-24(9-11-25)14-20(27)23-22-13-16-12-17(26(28)29)4-7-19(16)21/h2-7,12-13H,8-11,14H2,1H3,(H,23,27)/b22-13+. The summed E-state index contributed by atoms with van der Waals surface area (Å²) < 4.78 is 26.9. The Labute approximate surface area is 190 Å². The highest BCUT2D eigenvalue weighted by molar-refractivity contribution is 7.89. The zero-order valence-corrected chi connectivity index (χ0v) is 18.8. The molecule has 2 aromatic carbocycles. The summed E-state index contributed by atoms with van der Waals surface area (Å²) in [6, 6.07) is 10.6. The summed E-state index contributed by atoms with van der Waals surface area (Å²) in [5, 5.41) is 14.9. The smallest absolute Gasteiger partial charge is 0.270 e. The van der Waals surface area contributed by atoms with Crippen LogP contribution >= 0.6 is 11.6 Å². The molecule has 1 heterocycles. The van der Waals surface area contributed by atoms with E-state index in [0.29, 0.717) is 18.7 Å². The second-order valence-corrected chi connectivity index (χ2v) is 9.59. The van der Waals surface area contributed by atoms with Gasteiger partial charge in [0.1, 0.15) is 0 Å². The van der Waals surface area contributed by atoms with Crippen molar-refractivity contribution in [1.29, 1.82) is 0 Å². The lowest BCUT2D eigenvalue weighted by Gasteiger charge is -2.33. The van der Waals surface area contributed by atoms with E-state index in [4.69, 9.17) is 11.6 Å². The number of halogens is 1. The molecule has 3 rings (SSSR count). The van der Waals surface area contributed by atoms with Crippen molar-refractivity contribution in [2.45, 2.75) is 11.8 Å². The van der Waals surface area contributed by atoms with Gasteiger partial charge in [0, 0.05) is 48.9 Å². The van der Waals surface area contributed by atoms with Crippen LogP contribution in [0.4, 0.5) is 5.69 Å². The number of carbonyl (C=O) groups is 1. The normalized spacial score (nSPS) is 15.7. The number of nitro benzene ring substituents is 1. The van der Waals surface area contributed by atoms with Crippen LogP contribution < -0.4 is 5.43 Å². The average molecular weight is 480 g/mol. The Hall–Kier alpha value is -2.86. The second-order valence-electron chi connectivity index (χ2n) is 7.25. The molecule has 0 atom stereocenters. The first-order valence-corrected chi connectivity index (χ1v) is 11.5. The van der Waals surface area contributed by atoms with Crippen LogP contribution in [0, 0.1) is 17.0 Å². The lowest BCUT2D eigenvalue weighted by molar-refractivity contribution is -0.384. The molecule has 10 nitrogen and oxygen atoms in total. The van der Waals surface area contributed by atoms with Crippen molar-refractivity contribution in [3.05, 3.63) is 68.7 Å². The zero-order valence-electron chi connectivity index (χ0n) is 17.3. The van der Waals surface area contributed by atoms with Crippen LogP contribution in [-0.4, -0.2) is 67.4 Å². The van der Waals surface area contributed by atoms with Crippen LogP contribution in [0.25, 0.3) is 0 Å². The molecule has 1 N–H and O–H groups in total. The van der Waals surface area contributed by atoms with Gasteiger partial charge in [-0.1, -0.05) is 29.3 Å². The van der Waals surface area contributed by atoms with Crippen molar-refractivity contribution in [2.75, 3.05) is 32.7 Å². The first-order valence-electron chi connectivity index (χ1n) is 9.72. The van der Waals surface area contributed by atoms with Crippen molar-refractivity contribution >= 4 is 39.4 Å². The molecular weight excluding hydrogens is 458 g/mol. The van der Waals surface area contributed by atoms with E-state index in [1.807, 2.05) is 11.8 Å². The molecule has 1 aliphatic rings. The van der Waals surface area contributed by atoms with Crippen LogP contribution in [-0.2, 0) is 14.8 Å². The molecule has 0 bridgehead atoms. The van der Waals surface area contributed by atoms with Gasteiger partial charge in [-0.3, -0.25) is 19.8 Å². The Bertz CT molecular complexity index is 1130. The van der Waals surface area contributed by atoms with Crippen LogP contribution in [0.1, 0.15) is 11.1 Å².